The van der Waals surface area contributed by atoms with E-state index in [9.17, 15) is 4.39 Å². The molecule has 2 atom stereocenters. The van der Waals surface area contributed by atoms with Crippen molar-refractivity contribution in [3.8, 4) is 0 Å². The van der Waals surface area contributed by atoms with Crippen LogP contribution in [0.25, 0.3) is 10.9 Å². The van der Waals surface area contributed by atoms with Gasteiger partial charge in [0.25, 0.3) is 0 Å². The van der Waals surface area contributed by atoms with E-state index in [1.165, 1.54) is 11.6 Å². The van der Waals surface area contributed by atoms with Gasteiger partial charge in [0.2, 0.25) is 0 Å². The Bertz CT molecular complexity index is 576. The molecule has 1 aliphatic heterocycles. The maximum atomic E-state index is 13.2. The molecule has 4 N–H and O–H groups in total. The van der Waals surface area contributed by atoms with Crippen LogP contribution in [0.4, 0.5) is 4.39 Å². The van der Waals surface area contributed by atoms with E-state index in [4.69, 9.17) is 5.73 Å². The van der Waals surface area contributed by atoms with Crippen molar-refractivity contribution in [2.75, 3.05) is 13.1 Å². The molecule has 2 heterocycles. The van der Waals surface area contributed by atoms with Gasteiger partial charge in [0.15, 0.2) is 0 Å². The van der Waals surface area contributed by atoms with Gasteiger partial charge in [0.1, 0.15) is 5.82 Å². The summed E-state index contributed by atoms with van der Waals surface area (Å²) in [6.07, 6.45) is 1.11. The van der Waals surface area contributed by atoms with Crippen LogP contribution in [-0.2, 0) is 0 Å². The van der Waals surface area contributed by atoms with Gasteiger partial charge in [-0.25, -0.2) is 4.39 Å². The average molecular weight is 247 g/mol. The average Bonchev–Trinajstić information content (AvgIpc) is 2.90. The van der Waals surface area contributed by atoms with Crippen molar-refractivity contribution in [3.05, 3.63) is 35.3 Å². The smallest absolute Gasteiger partial charge is 0.125 e. The van der Waals surface area contributed by atoms with Crippen LogP contribution in [0.15, 0.2) is 18.2 Å². The number of aromatic nitrogens is 1. The summed E-state index contributed by atoms with van der Waals surface area (Å²) in [5, 5.41) is 4.62. The Morgan fingerprint density at radius 3 is 3.06 bits per heavy atom. The van der Waals surface area contributed by atoms with E-state index in [1.54, 1.807) is 6.07 Å². The van der Waals surface area contributed by atoms with Gasteiger partial charge in [0.05, 0.1) is 0 Å². The largest absolute Gasteiger partial charge is 0.358 e. The number of aromatic amines is 1. The molecule has 1 saturated heterocycles. The number of hydrogen-bond donors (Lipinski definition) is 3. The minimum Gasteiger partial charge on any atom is -0.358 e. The topological polar surface area (TPSA) is 53.8 Å². The third-order valence-corrected chi connectivity index (χ3v) is 3.96. The first-order valence-corrected chi connectivity index (χ1v) is 6.42. The first kappa shape index (κ1) is 11.7. The van der Waals surface area contributed by atoms with Crippen LogP contribution in [-0.4, -0.2) is 18.1 Å². The lowest BCUT2D eigenvalue weighted by Gasteiger charge is -2.18. The molecular weight excluding hydrogens is 229 g/mol. The molecule has 0 amide bonds. The minimum absolute atomic E-state index is 0.204. The zero-order chi connectivity index (χ0) is 12.7. The fraction of sp³-hybridized carbons (Fsp3) is 0.429. The summed E-state index contributed by atoms with van der Waals surface area (Å²) in [5.41, 5.74) is 9.06. The molecular formula is C14H18FN3. The van der Waals surface area contributed by atoms with Crippen LogP contribution in [0, 0.1) is 18.7 Å². The molecule has 0 bridgehead atoms. The molecule has 3 nitrogen and oxygen atoms in total. The first-order chi connectivity index (χ1) is 8.70. The molecule has 2 unspecified atom stereocenters. The highest BCUT2D eigenvalue weighted by Crippen LogP contribution is 2.35. The number of hydrogen-bond acceptors (Lipinski definition) is 2. The SMILES string of the molecule is Cc1[nH]c2cc(F)ccc2c1C1NCCC1CN. The molecule has 1 aliphatic rings. The highest BCUT2D eigenvalue weighted by Gasteiger charge is 2.30. The van der Waals surface area contributed by atoms with Crippen LogP contribution < -0.4 is 11.1 Å². The number of fused-ring (bicyclic) bond motifs is 1. The van der Waals surface area contributed by atoms with Crippen LogP contribution in [0.5, 0.6) is 0 Å². The lowest BCUT2D eigenvalue weighted by Crippen LogP contribution is -2.23. The number of rotatable bonds is 2. The fourth-order valence-electron chi connectivity index (χ4n) is 3.08. The lowest BCUT2D eigenvalue weighted by atomic mass is 9.92. The Labute approximate surface area is 106 Å². The highest BCUT2D eigenvalue weighted by atomic mass is 19.1. The van der Waals surface area contributed by atoms with Crippen LogP contribution >= 0.6 is 0 Å². The molecule has 0 radical (unpaired) electrons. The molecule has 0 saturated carbocycles. The Morgan fingerprint density at radius 2 is 2.28 bits per heavy atom. The summed E-state index contributed by atoms with van der Waals surface area (Å²) < 4.78 is 13.2. The van der Waals surface area contributed by atoms with Crippen molar-refractivity contribution in [3.63, 3.8) is 0 Å². The maximum Gasteiger partial charge on any atom is 0.125 e. The van der Waals surface area contributed by atoms with Crippen molar-refractivity contribution in [2.45, 2.75) is 19.4 Å². The van der Waals surface area contributed by atoms with Gasteiger partial charge in [-0.15, -0.1) is 0 Å². The van der Waals surface area contributed by atoms with E-state index < -0.39 is 0 Å². The zero-order valence-electron chi connectivity index (χ0n) is 10.5. The molecule has 18 heavy (non-hydrogen) atoms. The second-order valence-electron chi connectivity index (χ2n) is 5.07. The van der Waals surface area contributed by atoms with E-state index in [0.717, 1.165) is 29.6 Å². The van der Waals surface area contributed by atoms with Gasteiger partial charge in [-0.05, 0) is 56.1 Å². The zero-order valence-corrected chi connectivity index (χ0v) is 10.5. The number of nitrogens with one attached hydrogen (secondary N) is 2. The van der Waals surface area contributed by atoms with Gasteiger partial charge < -0.3 is 16.0 Å². The second kappa shape index (κ2) is 4.37. The Morgan fingerprint density at radius 1 is 1.44 bits per heavy atom. The van der Waals surface area contributed by atoms with Crippen LogP contribution in [0.3, 0.4) is 0 Å². The number of nitrogens with two attached hydrogens (primary N) is 1. The predicted molar refractivity (Wildman–Crippen MR) is 70.9 cm³/mol. The van der Waals surface area contributed by atoms with Gasteiger partial charge in [-0.1, -0.05) is 0 Å². The van der Waals surface area contributed by atoms with E-state index >= 15 is 0 Å². The third-order valence-electron chi connectivity index (χ3n) is 3.96. The summed E-state index contributed by atoms with van der Waals surface area (Å²) in [6, 6.07) is 5.22. The molecule has 96 valence electrons. The number of aryl methyl sites for hydroxylation is 1. The lowest BCUT2D eigenvalue weighted by molar-refractivity contribution is 0.473. The van der Waals surface area contributed by atoms with E-state index in [2.05, 4.69) is 10.3 Å². The van der Waals surface area contributed by atoms with E-state index in [0.29, 0.717) is 12.5 Å². The summed E-state index contributed by atoms with van der Waals surface area (Å²) in [6.45, 7) is 3.73. The van der Waals surface area contributed by atoms with E-state index in [1.807, 2.05) is 13.0 Å². The molecule has 2 aromatic rings. The second-order valence-corrected chi connectivity index (χ2v) is 5.07. The van der Waals surface area contributed by atoms with Crippen molar-refractivity contribution in [2.24, 2.45) is 11.7 Å². The monoisotopic (exact) mass is 247 g/mol. The number of H-pyrrole nitrogens is 1. The molecule has 0 aliphatic carbocycles. The first-order valence-electron chi connectivity index (χ1n) is 6.42. The van der Waals surface area contributed by atoms with Crippen molar-refractivity contribution < 1.29 is 4.39 Å². The highest BCUT2D eigenvalue weighted by molar-refractivity contribution is 5.85. The maximum absolute atomic E-state index is 13.2. The van der Waals surface area contributed by atoms with E-state index in [-0.39, 0.29) is 11.9 Å². The summed E-state index contributed by atoms with van der Waals surface area (Å²) in [4.78, 5) is 3.27. The molecule has 0 spiro atoms. The number of halogens is 1. The van der Waals surface area contributed by atoms with Crippen molar-refractivity contribution in [1.82, 2.24) is 10.3 Å². The summed E-state index contributed by atoms with van der Waals surface area (Å²) in [7, 11) is 0. The standard InChI is InChI=1S/C14H18FN3/c1-8-13(14-9(7-16)4-5-17-14)11-3-2-10(15)6-12(11)18-8/h2-3,6,9,14,17-18H,4-5,7,16H2,1H3. The fourth-order valence-corrected chi connectivity index (χ4v) is 3.08. The quantitative estimate of drug-likeness (QED) is 0.762. The van der Waals surface area contributed by atoms with Crippen molar-refractivity contribution in [1.29, 1.82) is 0 Å². The van der Waals surface area contributed by atoms with Gasteiger partial charge in [-0.2, -0.15) is 0 Å². The Hall–Kier alpha value is -1.39. The van der Waals surface area contributed by atoms with Crippen LogP contribution in [0.2, 0.25) is 0 Å². The van der Waals surface area contributed by atoms with Crippen LogP contribution in [0.1, 0.15) is 23.7 Å². The van der Waals surface area contributed by atoms with Gasteiger partial charge in [-0.3, -0.25) is 0 Å². The van der Waals surface area contributed by atoms with Gasteiger partial charge >= 0.3 is 0 Å². The predicted octanol–water partition coefficient (Wildman–Crippen LogP) is 2.22. The molecule has 1 aromatic carbocycles. The van der Waals surface area contributed by atoms with Gasteiger partial charge in [0, 0.05) is 22.6 Å². The number of benzene rings is 1. The molecule has 1 aromatic heterocycles. The summed E-state index contributed by atoms with van der Waals surface area (Å²) in [5.74, 6) is 0.262. The molecule has 3 rings (SSSR count). The van der Waals surface area contributed by atoms with Crippen molar-refractivity contribution >= 4 is 10.9 Å². The summed E-state index contributed by atoms with van der Waals surface area (Å²) >= 11 is 0. The Balaban J connectivity index is 2.13. The molecule has 4 heteroatoms. The normalized spacial score (nSPS) is 23.9. The Kier molecular flexibility index (Phi) is 2.84. The molecule has 1 fully saturated rings. The minimum atomic E-state index is -0.204. The third kappa shape index (κ3) is 1.72.